The Balaban J connectivity index is 3.36. The predicted molar refractivity (Wildman–Crippen MR) is 45.2 cm³/mol. The summed E-state index contributed by atoms with van der Waals surface area (Å²) in [6.07, 6.45) is 2.50. The molecule has 0 bridgehead atoms. The predicted octanol–water partition coefficient (Wildman–Crippen LogP) is 2.39. The van der Waals surface area contributed by atoms with Crippen LogP contribution in [0, 0.1) is 11.8 Å². The Morgan fingerprint density at radius 1 is 1.27 bits per heavy atom. The molecule has 0 heterocycles. The van der Waals surface area contributed by atoms with Crippen molar-refractivity contribution in [1.29, 1.82) is 0 Å². The van der Waals surface area contributed by atoms with Gasteiger partial charge in [0.2, 0.25) is 0 Å². The Bertz CT molecular complexity index is 83.6. The van der Waals surface area contributed by atoms with E-state index in [1.807, 2.05) is 0 Å². The molecule has 0 aromatic heterocycles. The van der Waals surface area contributed by atoms with E-state index in [4.69, 9.17) is 5.11 Å². The van der Waals surface area contributed by atoms with Crippen molar-refractivity contribution in [3.05, 3.63) is 0 Å². The molecule has 2 heteroatoms. The molecular formula is C9H19FO. The van der Waals surface area contributed by atoms with Crippen LogP contribution in [-0.4, -0.2) is 18.4 Å². The number of hydrogen-bond donors (Lipinski definition) is 1. The second kappa shape index (κ2) is 6.59. The van der Waals surface area contributed by atoms with Crippen LogP contribution in [0.3, 0.4) is 0 Å². The number of unbranched alkanes of at least 4 members (excludes halogenated alkanes) is 1. The lowest BCUT2D eigenvalue weighted by Gasteiger charge is -2.17. The zero-order chi connectivity index (χ0) is 8.69. The van der Waals surface area contributed by atoms with Crippen molar-refractivity contribution in [2.75, 3.05) is 13.3 Å². The summed E-state index contributed by atoms with van der Waals surface area (Å²) < 4.78 is 11.7. The van der Waals surface area contributed by atoms with Crippen LogP contribution in [0.4, 0.5) is 4.39 Å². The fraction of sp³-hybridized carbons (Fsp3) is 1.00. The summed E-state index contributed by atoms with van der Waals surface area (Å²) >= 11 is 0. The van der Waals surface area contributed by atoms with Gasteiger partial charge in [-0.3, -0.25) is 4.39 Å². The fourth-order valence-electron chi connectivity index (χ4n) is 1.14. The highest BCUT2D eigenvalue weighted by Crippen LogP contribution is 2.17. The zero-order valence-corrected chi connectivity index (χ0v) is 7.52. The number of alkyl halides is 1. The van der Waals surface area contributed by atoms with Gasteiger partial charge in [0, 0.05) is 6.61 Å². The van der Waals surface area contributed by atoms with Gasteiger partial charge in [0.05, 0.1) is 6.67 Å². The minimum absolute atomic E-state index is 0.226. The summed E-state index contributed by atoms with van der Waals surface area (Å²) in [4.78, 5) is 0. The molecule has 0 saturated carbocycles. The van der Waals surface area contributed by atoms with Crippen molar-refractivity contribution in [3.63, 3.8) is 0 Å². The summed E-state index contributed by atoms with van der Waals surface area (Å²) in [6.45, 7) is 4.20. The molecule has 0 aliphatic heterocycles. The van der Waals surface area contributed by atoms with Gasteiger partial charge in [-0.25, -0.2) is 0 Å². The number of rotatable bonds is 6. The molecule has 0 aromatic rings. The van der Waals surface area contributed by atoms with Crippen LogP contribution in [-0.2, 0) is 0 Å². The third-order valence-corrected chi connectivity index (χ3v) is 2.14. The van der Waals surface area contributed by atoms with Crippen molar-refractivity contribution in [2.45, 2.75) is 33.1 Å². The van der Waals surface area contributed by atoms with E-state index in [1.54, 1.807) is 0 Å². The second-order valence-corrected chi connectivity index (χ2v) is 3.37. The van der Waals surface area contributed by atoms with E-state index in [1.165, 1.54) is 0 Å². The van der Waals surface area contributed by atoms with E-state index in [9.17, 15) is 4.39 Å². The van der Waals surface area contributed by atoms with Crippen LogP contribution in [0.5, 0.6) is 0 Å². The first-order valence-corrected chi connectivity index (χ1v) is 4.39. The molecule has 0 amide bonds. The van der Waals surface area contributed by atoms with E-state index < -0.39 is 0 Å². The third-order valence-electron chi connectivity index (χ3n) is 2.14. The minimum Gasteiger partial charge on any atom is -0.396 e. The first-order valence-electron chi connectivity index (χ1n) is 4.39. The molecule has 0 aromatic carbocycles. The molecule has 1 unspecified atom stereocenters. The number of aliphatic hydroxyl groups excluding tert-OH is 1. The Morgan fingerprint density at radius 3 is 2.27 bits per heavy atom. The first kappa shape index (κ1) is 10.9. The Morgan fingerprint density at radius 2 is 1.91 bits per heavy atom. The maximum atomic E-state index is 11.7. The summed E-state index contributed by atoms with van der Waals surface area (Å²) in [5.74, 6) is 0.876. The highest BCUT2D eigenvalue weighted by atomic mass is 19.1. The van der Waals surface area contributed by atoms with Crippen LogP contribution in [0.15, 0.2) is 0 Å². The van der Waals surface area contributed by atoms with Gasteiger partial charge in [-0.2, -0.15) is 0 Å². The average molecular weight is 162 g/mol. The van der Waals surface area contributed by atoms with Crippen LogP contribution in [0.2, 0.25) is 0 Å². The van der Waals surface area contributed by atoms with Crippen LogP contribution in [0.25, 0.3) is 0 Å². The normalized spacial score (nSPS) is 13.9. The number of aliphatic hydroxyl groups is 1. The fourth-order valence-corrected chi connectivity index (χ4v) is 1.14. The van der Waals surface area contributed by atoms with Crippen molar-refractivity contribution in [1.82, 2.24) is 0 Å². The molecule has 0 rings (SSSR count). The van der Waals surface area contributed by atoms with Gasteiger partial charge in [0.1, 0.15) is 0 Å². The van der Waals surface area contributed by atoms with Gasteiger partial charge in [-0.05, 0) is 24.7 Å². The molecule has 11 heavy (non-hydrogen) atoms. The summed E-state index contributed by atoms with van der Waals surface area (Å²) in [6, 6.07) is 0. The smallest absolute Gasteiger partial charge is 0.0894 e. The van der Waals surface area contributed by atoms with Crippen molar-refractivity contribution >= 4 is 0 Å². The molecule has 0 fully saturated rings. The zero-order valence-electron chi connectivity index (χ0n) is 7.52. The molecule has 1 N–H and O–H groups in total. The van der Waals surface area contributed by atoms with Crippen LogP contribution < -0.4 is 0 Å². The van der Waals surface area contributed by atoms with Gasteiger partial charge >= 0.3 is 0 Å². The van der Waals surface area contributed by atoms with Crippen molar-refractivity contribution in [3.8, 4) is 0 Å². The van der Waals surface area contributed by atoms with Crippen molar-refractivity contribution in [2.24, 2.45) is 11.8 Å². The molecule has 0 aliphatic carbocycles. The topological polar surface area (TPSA) is 20.2 Å². The third kappa shape index (κ3) is 5.19. The maximum Gasteiger partial charge on any atom is 0.0894 e. The largest absolute Gasteiger partial charge is 0.396 e. The molecule has 0 aliphatic rings. The second-order valence-electron chi connectivity index (χ2n) is 3.37. The van der Waals surface area contributed by atoms with Gasteiger partial charge in [-0.1, -0.05) is 20.3 Å². The molecule has 0 radical (unpaired) electrons. The molecule has 0 spiro atoms. The van der Waals surface area contributed by atoms with E-state index in [2.05, 4.69) is 13.8 Å². The van der Waals surface area contributed by atoms with Gasteiger partial charge in [-0.15, -0.1) is 0 Å². The van der Waals surface area contributed by atoms with Crippen molar-refractivity contribution < 1.29 is 9.50 Å². The maximum absolute atomic E-state index is 11.7. The number of hydrogen-bond acceptors (Lipinski definition) is 1. The standard InChI is InChI=1S/C9H19FO/c1-8(2)9(7-11)5-3-4-6-10/h8-9,11H,3-7H2,1-2H3. The van der Waals surface area contributed by atoms with Gasteiger partial charge in [0.25, 0.3) is 0 Å². The lowest BCUT2D eigenvalue weighted by molar-refractivity contribution is 0.177. The Hall–Kier alpha value is -0.110. The summed E-state index contributed by atoms with van der Waals surface area (Å²) in [5.41, 5.74) is 0. The lowest BCUT2D eigenvalue weighted by Crippen LogP contribution is -2.13. The SMILES string of the molecule is CC(C)C(CO)CCCCF. The minimum atomic E-state index is -0.226. The summed E-state index contributed by atoms with van der Waals surface area (Å²) in [7, 11) is 0. The number of halogens is 1. The first-order chi connectivity index (χ1) is 5.22. The van der Waals surface area contributed by atoms with E-state index >= 15 is 0 Å². The highest BCUT2D eigenvalue weighted by Gasteiger charge is 2.10. The quantitative estimate of drug-likeness (QED) is 0.594. The molecule has 1 atom stereocenters. The van der Waals surface area contributed by atoms with Gasteiger partial charge in [0.15, 0.2) is 0 Å². The molecule has 68 valence electrons. The molecule has 0 saturated heterocycles. The van der Waals surface area contributed by atoms with Gasteiger partial charge < -0.3 is 5.11 Å². The highest BCUT2D eigenvalue weighted by molar-refractivity contribution is 4.61. The monoisotopic (exact) mass is 162 g/mol. The van der Waals surface area contributed by atoms with E-state index in [0.29, 0.717) is 18.3 Å². The lowest BCUT2D eigenvalue weighted by atomic mass is 9.91. The van der Waals surface area contributed by atoms with E-state index in [0.717, 1.165) is 12.8 Å². The Labute approximate surface area is 68.6 Å². The Kier molecular flexibility index (Phi) is 6.52. The average Bonchev–Trinajstić information content (AvgIpc) is 1.97. The summed E-state index contributed by atoms with van der Waals surface area (Å²) in [5, 5.41) is 8.90. The van der Waals surface area contributed by atoms with Crippen LogP contribution in [0.1, 0.15) is 33.1 Å². The molecule has 1 nitrogen and oxygen atoms in total. The van der Waals surface area contributed by atoms with E-state index in [-0.39, 0.29) is 13.3 Å². The van der Waals surface area contributed by atoms with Crippen LogP contribution >= 0.6 is 0 Å². The molecular weight excluding hydrogens is 143 g/mol.